The summed E-state index contributed by atoms with van der Waals surface area (Å²) in [4.78, 5) is 0. The Kier molecular flexibility index (Phi) is 3.07. The molecular formula is C15H22O. The highest BCUT2D eigenvalue weighted by atomic mass is 16.3. The van der Waals surface area contributed by atoms with Gasteiger partial charge in [-0.1, -0.05) is 43.5 Å². The van der Waals surface area contributed by atoms with E-state index in [2.05, 4.69) is 39.0 Å². The molecule has 1 nitrogen and oxygen atoms in total. The zero-order valence-electron chi connectivity index (χ0n) is 10.6. The highest BCUT2D eigenvalue weighted by Gasteiger charge is 2.38. The molecule has 1 heteroatoms. The lowest BCUT2D eigenvalue weighted by molar-refractivity contribution is -0.0474. The molecular weight excluding hydrogens is 196 g/mol. The minimum absolute atomic E-state index is 0.377. The molecule has 0 spiro atoms. The molecule has 0 bridgehead atoms. The predicted octanol–water partition coefficient (Wildman–Crippen LogP) is 3.70. The molecule has 2 rings (SSSR count). The van der Waals surface area contributed by atoms with Crippen molar-refractivity contribution in [2.24, 2.45) is 5.92 Å². The maximum Gasteiger partial charge on any atom is 0.0924 e. The number of rotatable bonds is 1. The SMILES string of the molecule is Cc1ccc(C2(O)CCCCC2C)c(C)c1. The summed E-state index contributed by atoms with van der Waals surface area (Å²) in [6.45, 7) is 6.39. The molecule has 1 aromatic carbocycles. The van der Waals surface area contributed by atoms with Crippen LogP contribution < -0.4 is 0 Å². The van der Waals surface area contributed by atoms with E-state index in [9.17, 15) is 5.11 Å². The summed E-state index contributed by atoms with van der Waals surface area (Å²) < 4.78 is 0. The van der Waals surface area contributed by atoms with Gasteiger partial charge in [-0.3, -0.25) is 0 Å². The van der Waals surface area contributed by atoms with E-state index in [4.69, 9.17) is 0 Å². The second-order valence-corrected chi connectivity index (χ2v) is 5.39. The standard InChI is InChI=1S/C15H22O/c1-11-7-8-14(12(2)10-11)15(16)9-5-4-6-13(15)3/h7-8,10,13,16H,4-6,9H2,1-3H3. The zero-order valence-corrected chi connectivity index (χ0v) is 10.6. The molecule has 2 unspecified atom stereocenters. The van der Waals surface area contributed by atoms with Crippen molar-refractivity contribution in [2.75, 3.05) is 0 Å². The lowest BCUT2D eigenvalue weighted by Crippen LogP contribution is -2.37. The Balaban J connectivity index is 2.41. The molecule has 0 heterocycles. The Morgan fingerprint density at radius 2 is 2.00 bits per heavy atom. The van der Waals surface area contributed by atoms with E-state index in [1.54, 1.807) is 0 Å². The van der Waals surface area contributed by atoms with Crippen molar-refractivity contribution in [2.45, 2.75) is 52.1 Å². The Bertz CT molecular complexity index is 383. The van der Waals surface area contributed by atoms with Gasteiger partial charge in [0.25, 0.3) is 0 Å². The van der Waals surface area contributed by atoms with Crippen LogP contribution in [0, 0.1) is 19.8 Å². The first-order chi connectivity index (χ1) is 7.54. The van der Waals surface area contributed by atoms with Crippen LogP contribution in [0.15, 0.2) is 18.2 Å². The highest BCUT2D eigenvalue weighted by molar-refractivity contribution is 5.35. The number of benzene rings is 1. The molecule has 0 amide bonds. The molecule has 2 atom stereocenters. The summed E-state index contributed by atoms with van der Waals surface area (Å²) >= 11 is 0. The molecule has 0 saturated heterocycles. The first kappa shape index (κ1) is 11.7. The average molecular weight is 218 g/mol. The Morgan fingerprint density at radius 3 is 2.62 bits per heavy atom. The third-order valence-corrected chi connectivity index (χ3v) is 4.11. The van der Waals surface area contributed by atoms with Gasteiger partial charge < -0.3 is 5.11 Å². The first-order valence-corrected chi connectivity index (χ1v) is 6.34. The summed E-state index contributed by atoms with van der Waals surface area (Å²) in [7, 11) is 0. The third-order valence-electron chi connectivity index (χ3n) is 4.11. The van der Waals surface area contributed by atoms with Crippen LogP contribution in [0.4, 0.5) is 0 Å². The largest absolute Gasteiger partial charge is 0.385 e. The quantitative estimate of drug-likeness (QED) is 0.762. The van der Waals surface area contributed by atoms with E-state index in [1.807, 2.05) is 0 Å². The van der Waals surface area contributed by atoms with Gasteiger partial charge in [-0.2, -0.15) is 0 Å². The van der Waals surface area contributed by atoms with E-state index in [1.165, 1.54) is 17.5 Å². The van der Waals surface area contributed by atoms with Gasteiger partial charge in [-0.05, 0) is 43.7 Å². The van der Waals surface area contributed by atoms with Crippen molar-refractivity contribution in [3.63, 3.8) is 0 Å². The molecule has 1 aliphatic rings. The van der Waals surface area contributed by atoms with Gasteiger partial charge in [0.15, 0.2) is 0 Å². The van der Waals surface area contributed by atoms with Gasteiger partial charge in [-0.15, -0.1) is 0 Å². The Labute approximate surface area is 98.5 Å². The molecule has 1 fully saturated rings. The van der Waals surface area contributed by atoms with Gasteiger partial charge in [0.05, 0.1) is 5.60 Å². The number of hydrogen-bond acceptors (Lipinski definition) is 1. The van der Waals surface area contributed by atoms with Crippen molar-refractivity contribution in [3.05, 3.63) is 34.9 Å². The van der Waals surface area contributed by atoms with Crippen LogP contribution in [0.25, 0.3) is 0 Å². The van der Waals surface area contributed by atoms with Crippen molar-refractivity contribution >= 4 is 0 Å². The van der Waals surface area contributed by atoms with Crippen LogP contribution in [0.3, 0.4) is 0 Å². The van der Waals surface area contributed by atoms with Crippen LogP contribution in [0.1, 0.15) is 49.3 Å². The summed E-state index contributed by atoms with van der Waals surface area (Å²) in [5.41, 5.74) is 3.06. The maximum atomic E-state index is 10.9. The molecule has 1 N–H and O–H groups in total. The van der Waals surface area contributed by atoms with Crippen LogP contribution >= 0.6 is 0 Å². The second-order valence-electron chi connectivity index (χ2n) is 5.39. The van der Waals surface area contributed by atoms with Gasteiger partial charge in [0.1, 0.15) is 0 Å². The average Bonchev–Trinajstić information content (AvgIpc) is 2.22. The van der Waals surface area contributed by atoms with Crippen molar-refractivity contribution in [3.8, 4) is 0 Å². The van der Waals surface area contributed by atoms with Crippen LogP contribution in [0.5, 0.6) is 0 Å². The maximum absolute atomic E-state index is 10.9. The van der Waals surface area contributed by atoms with Gasteiger partial charge in [-0.25, -0.2) is 0 Å². The Morgan fingerprint density at radius 1 is 1.25 bits per heavy atom. The van der Waals surface area contributed by atoms with Crippen molar-refractivity contribution in [1.82, 2.24) is 0 Å². The number of aliphatic hydroxyl groups is 1. The molecule has 1 aliphatic carbocycles. The lowest BCUT2D eigenvalue weighted by Gasteiger charge is -2.39. The molecule has 1 aromatic rings. The smallest absolute Gasteiger partial charge is 0.0924 e. The lowest BCUT2D eigenvalue weighted by atomic mass is 9.71. The summed E-state index contributed by atoms with van der Waals surface area (Å²) in [5.74, 6) is 0.377. The fourth-order valence-electron chi connectivity index (χ4n) is 3.03. The molecule has 0 radical (unpaired) electrons. The molecule has 88 valence electrons. The van der Waals surface area contributed by atoms with E-state index >= 15 is 0 Å². The number of hydrogen-bond donors (Lipinski definition) is 1. The first-order valence-electron chi connectivity index (χ1n) is 6.34. The summed E-state index contributed by atoms with van der Waals surface area (Å²) in [5, 5.41) is 10.9. The van der Waals surface area contributed by atoms with E-state index in [0.29, 0.717) is 5.92 Å². The topological polar surface area (TPSA) is 20.2 Å². The molecule has 0 aliphatic heterocycles. The van der Waals surface area contributed by atoms with Crippen LogP contribution in [-0.2, 0) is 5.60 Å². The molecule has 1 saturated carbocycles. The van der Waals surface area contributed by atoms with Gasteiger partial charge >= 0.3 is 0 Å². The van der Waals surface area contributed by atoms with Gasteiger partial charge in [0, 0.05) is 0 Å². The van der Waals surface area contributed by atoms with Crippen molar-refractivity contribution in [1.29, 1.82) is 0 Å². The fraction of sp³-hybridized carbons (Fsp3) is 0.600. The third kappa shape index (κ3) is 1.89. The van der Waals surface area contributed by atoms with Crippen LogP contribution in [0.2, 0.25) is 0 Å². The monoisotopic (exact) mass is 218 g/mol. The summed E-state index contributed by atoms with van der Waals surface area (Å²) in [6.07, 6.45) is 4.46. The second kappa shape index (κ2) is 4.21. The van der Waals surface area contributed by atoms with E-state index < -0.39 is 5.60 Å². The zero-order chi connectivity index (χ0) is 11.8. The fourth-order valence-corrected chi connectivity index (χ4v) is 3.03. The van der Waals surface area contributed by atoms with Crippen LogP contribution in [-0.4, -0.2) is 5.11 Å². The molecule has 16 heavy (non-hydrogen) atoms. The predicted molar refractivity (Wildman–Crippen MR) is 67.4 cm³/mol. The Hall–Kier alpha value is -0.820. The minimum Gasteiger partial charge on any atom is -0.385 e. The summed E-state index contributed by atoms with van der Waals surface area (Å²) in [6, 6.07) is 6.41. The van der Waals surface area contributed by atoms with E-state index in [-0.39, 0.29) is 0 Å². The number of aryl methyl sites for hydroxylation is 2. The van der Waals surface area contributed by atoms with E-state index in [0.717, 1.165) is 24.8 Å². The highest BCUT2D eigenvalue weighted by Crippen LogP contribution is 2.42. The van der Waals surface area contributed by atoms with Crippen molar-refractivity contribution < 1.29 is 5.11 Å². The van der Waals surface area contributed by atoms with Gasteiger partial charge in [0.2, 0.25) is 0 Å². The minimum atomic E-state index is -0.587. The normalized spacial score (nSPS) is 30.4. The molecule has 0 aromatic heterocycles.